The van der Waals surface area contributed by atoms with Crippen LogP contribution in [0.15, 0.2) is 30.3 Å². The minimum atomic E-state index is -3.40. The first-order chi connectivity index (χ1) is 9.57. The molecule has 0 aromatic heterocycles. The summed E-state index contributed by atoms with van der Waals surface area (Å²) < 4.78 is 30.8. The maximum Gasteiger partial charge on any atom is 0.324 e. The van der Waals surface area contributed by atoms with Gasteiger partial charge in [-0.3, -0.25) is 4.79 Å². The van der Waals surface area contributed by atoms with Crippen molar-refractivity contribution in [1.82, 2.24) is 4.72 Å². The highest BCUT2D eigenvalue weighted by atomic mass is 32.2. The van der Waals surface area contributed by atoms with E-state index in [0.717, 1.165) is 12.8 Å². The van der Waals surface area contributed by atoms with Crippen LogP contribution in [0.2, 0.25) is 0 Å². The number of hydrogen-bond acceptors (Lipinski definition) is 4. The maximum absolute atomic E-state index is 11.8. The number of sulfonamides is 1. The maximum atomic E-state index is 11.8. The second kappa shape index (κ2) is 6.85. The lowest BCUT2D eigenvalue weighted by atomic mass is 10.1. The van der Waals surface area contributed by atoms with E-state index in [1.165, 1.54) is 5.56 Å². The van der Waals surface area contributed by atoms with Gasteiger partial charge in [-0.05, 0) is 24.8 Å². The van der Waals surface area contributed by atoms with E-state index >= 15 is 0 Å². The van der Waals surface area contributed by atoms with Gasteiger partial charge in [-0.2, -0.15) is 0 Å². The van der Waals surface area contributed by atoms with E-state index in [-0.39, 0.29) is 5.75 Å². The third kappa shape index (κ3) is 4.61. The highest BCUT2D eigenvalue weighted by Crippen LogP contribution is 2.09. The number of ether oxygens (including phenoxy) is 1. The summed E-state index contributed by atoms with van der Waals surface area (Å²) in [5, 5.41) is 0. The van der Waals surface area contributed by atoms with Gasteiger partial charge >= 0.3 is 5.97 Å². The molecule has 0 radical (unpaired) electrons. The molecule has 2 rings (SSSR count). The lowest BCUT2D eigenvalue weighted by Crippen LogP contribution is -2.39. The fourth-order valence-corrected chi connectivity index (χ4v) is 3.49. The van der Waals surface area contributed by atoms with Gasteiger partial charge in [-0.15, -0.1) is 0 Å². The molecule has 0 spiro atoms. The Kier molecular flexibility index (Phi) is 5.14. The predicted molar refractivity (Wildman–Crippen MR) is 75.7 cm³/mol. The predicted octanol–water partition coefficient (Wildman–Crippen LogP) is 1.24. The summed E-state index contributed by atoms with van der Waals surface area (Å²) >= 11 is 0. The Hall–Kier alpha value is -1.40. The monoisotopic (exact) mass is 297 g/mol. The molecule has 0 unspecified atom stereocenters. The molecular formula is C14H19NO4S. The second-order valence-corrected chi connectivity index (χ2v) is 6.76. The van der Waals surface area contributed by atoms with E-state index in [2.05, 4.69) is 4.72 Å². The van der Waals surface area contributed by atoms with Gasteiger partial charge in [0.05, 0.1) is 12.4 Å². The lowest BCUT2D eigenvalue weighted by Gasteiger charge is -2.09. The molecule has 1 atom stereocenters. The van der Waals surface area contributed by atoms with E-state index < -0.39 is 22.0 Å². The van der Waals surface area contributed by atoms with Crippen molar-refractivity contribution in [2.24, 2.45) is 0 Å². The summed E-state index contributed by atoms with van der Waals surface area (Å²) in [5.74, 6) is -0.429. The zero-order valence-electron chi connectivity index (χ0n) is 11.2. The minimum absolute atomic E-state index is 0.0453. The Bertz CT molecular complexity index is 542. The summed E-state index contributed by atoms with van der Waals surface area (Å²) in [6.07, 6.45) is 2.66. The molecule has 0 aliphatic carbocycles. The molecule has 1 N–H and O–H groups in total. The van der Waals surface area contributed by atoms with Crippen molar-refractivity contribution in [2.45, 2.75) is 31.7 Å². The summed E-state index contributed by atoms with van der Waals surface area (Å²) in [7, 11) is -3.40. The van der Waals surface area contributed by atoms with Crippen molar-refractivity contribution in [3.63, 3.8) is 0 Å². The molecule has 1 aromatic rings. The molecule has 0 saturated carbocycles. The van der Waals surface area contributed by atoms with Crippen LogP contribution in [0, 0.1) is 0 Å². The van der Waals surface area contributed by atoms with Crippen molar-refractivity contribution in [3.8, 4) is 0 Å². The van der Waals surface area contributed by atoms with Crippen LogP contribution >= 0.6 is 0 Å². The van der Waals surface area contributed by atoms with Crippen LogP contribution in [-0.4, -0.2) is 32.8 Å². The number of benzene rings is 1. The number of rotatable bonds is 7. The van der Waals surface area contributed by atoms with Gasteiger partial charge in [0.2, 0.25) is 10.0 Å². The zero-order valence-corrected chi connectivity index (χ0v) is 12.1. The third-order valence-electron chi connectivity index (χ3n) is 3.23. The third-order valence-corrected chi connectivity index (χ3v) is 4.70. The molecule has 1 saturated heterocycles. The highest BCUT2D eigenvalue weighted by molar-refractivity contribution is 7.89. The standard InChI is InChI=1S/C14H19NO4S/c16-14-13(9-10-19-14)15-20(17,18)11-5-4-8-12-6-2-1-3-7-12/h1-3,6-7,13,15H,4-5,8-11H2/t13-/m0/s1. The van der Waals surface area contributed by atoms with Crippen molar-refractivity contribution in [3.05, 3.63) is 35.9 Å². The normalized spacial score (nSPS) is 19.0. The molecule has 0 bridgehead atoms. The van der Waals surface area contributed by atoms with E-state index in [1.54, 1.807) is 0 Å². The van der Waals surface area contributed by atoms with Gasteiger partial charge in [0.25, 0.3) is 0 Å². The van der Waals surface area contributed by atoms with Gasteiger partial charge in [-0.1, -0.05) is 30.3 Å². The summed E-state index contributed by atoms with van der Waals surface area (Å²) in [5.41, 5.74) is 1.21. The average molecular weight is 297 g/mol. The molecule has 0 amide bonds. The average Bonchev–Trinajstić information content (AvgIpc) is 2.81. The lowest BCUT2D eigenvalue weighted by molar-refractivity contribution is -0.139. The highest BCUT2D eigenvalue weighted by Gasteiger charge is 2.30. The van der Waals surface area contributed by atoms with Crippen LogP contribution in [0.1, 0.15) is 24.8 Å². The van der Waals surface area contributed by atoms with Crippen LogP contribution < -0.4 is 4.72 Å². The number of cyclic esters (lactones) is 1. The summed E-state index contributed by atoms with van der Waals surface area (Å²) in [4.78, 5) is 11.2. The first kappa shape index (κ1) is 15.0. The number of hydrogen-bond donors (Lipinski definition) is 1. The Morgan fingerprint density at radius 3 is 2.60 bits per heavy atom. The summed E-state index contributed by atoms with van der Waals surface area (Å²) in [6, 6.07) is 9.26. The van der Waals surface area contributed by atoms with Crippen molar-refractivity contribution >= 4 is 16.0 Å². The number of unbranched alkanes of at least 4 members (excludes halogenated alkanes) is 1. The van der Waals surface area contributed by atoms with Gasteiger partial charge in [0, 0.05) is 6.42 Å². The molecule has 1 aliphatic rings. The number of nitrogens with one attached hydrogen (secondary N) is 1. The van der Waals surface area contributed by atoms with Crippen LogP contribution in [0.5, 0.6) is 0 Å². The Morgan fingerprint density at radius 2 is 1.95 bits per heavy atom. The number of carbonyl (C=O) groups is 1. The van der Waals surface area contributed by atoms with Crippen molar-refractivity contribution < 1.29 is 17.9 Å². The molecule has 1 aromatic carbocycles. The van der Waals surface area contributed by atoms with Crippen LogP contribution in [-0.2, 0) is 26.0 Å². The zero-order chi connectivity index (χ0) is 14.4. The Labute approximate surface area is 119 Å². The topological polar surface area (TPSA) is 72.5 Å². The van der Waals surface area contributed by atoms with Gasteiger partial charge in [-0.25, -0.2) is 13.1 Å². The van der Waals surface area contributed by atoms with Crippen LogP contribution in [0.3, 0.4) is 0 Å². The SMILES string of the molecule is O=C1OCC[C@@H]1NS(=O)(=O)CCCCc1ccccc1. The number of carbonyl (C=O) groups excluding carboxylic acids is 1. The van der Waals surface area contributed by atoms with Crippen LogP contribution in [0.25, 0.3) is 0 Å². The second-order valence-electron chi connectivity index (χ2n) is 4.89. The smallest absolute Gasteiger partial charge is 0.324 e. The largest absolute Gasteiger partial charge is 0.464 e. The first-order valence-corrected chi connectivity index (χ1v) is 8.43. The molecule has 20 heavy (non-hydrogen) atoms. The molecular weight excluding hydrogens is 278 g/mol. The molecule has 1 heterocycles. The fourth-order valence-electron chi connectivity index (χ4n) is 2.14. The Balaban J connectivity index is 1.71. The number of esters is 1. The Morgan fingerprint density at radius 1 is 1.20 bits per heavy atom. The molecule has 1 fully saturated rings. The quantitative estimate of drug-likeness (QED) is 0.607. The van der Waals surface area contributed by atoms with Crippen molar-refractivity contribution in [1.29, 1.82) is 0 Å². The summed E-state index contributed by atoms with van der Waals surface area (Å²) in [6.45, 7) is 0.292. The molecule has 110 valence electrons. The van der Waals surface area contributed by atoms with Gasteiger partial charge in [0.15, 0.2) is 0 Å². The minimum Gasteiger partial charge on any atom is -0.464 e. The van der Waals surface area contributed by atoms with Gasteiger partial charge in [0.1, 0.15) is 6.04 Å². The van der Waals surface area contributed by atoms with Crippen molar-refractivity contribution in [2.75, 3.05) is 12.4 Å². The molecule has 1 aliphatic heterocycles. The van der Waals surface area contributed by atoms with E-state index in [1.807, 2.05) is 30.3 Å². The van der Waals surface area contributed by atoms with E-state index in [9.17, 15) is 13.2 Å². The molecule has 6 heteroatoms. The van der Waals surface area contributed by atoms with Gasteiger partial charge < -0.3 is 4.74 Å². The fraction of sp³-hybridized carbons (Fsp3) is 0.500. The van der Waals surface area contributed by atoms with E-state index in [4.69, 9.17) is 4.74 Å². The molecule has 5 nitrogen and oxygen atoms in total. The van der Waals surface area contributed by atoms with Crippen LogP contribution in [0.4, 0.5) is 0 Å². The first-order valence-electron chi connectivity index (χ1n) is 6.77. The number of aryl methyl sites for hydroxylation is 1. The van der Waals surface area contributed by atoms with E-state index in [0.29, 0.717) is 19.4 Å².